The zero-order valence-corrected chi connectivity index (χ0v) is 24.0. The van der Waals surface area contributed by atoms with Crippen molar-refractivity contribution in [3.8, 4) is 0 Å². The van der Waals surface area contributed by atoms with Crippen LogP contribution in [0.5, 0.6) is 0 Å². The first kappa shape index (κ1) is 23.3. The highest BCUT2D eigenvalue weighted by Gasteiger charge is 2.19. The summed E-state index contributed by atoms with van der Waals surface area (Å²) >= 11 is 0. The molecule has 14 bridgehead atoms. The number of furan rings is 1. The van der Waals surface area contributed by atoms with E-state index in [2.05, 4.69) is 148 Å². The topological polar surface area (TPSA) is 34.9 Å². The van der Waals surface area contributed by atoms with Crippen molar-refractivity contribution in [1.29, 1.82) is 0 Å². The number of aromatic nitrogens is 3. The predicted molar refractivity (Wildman–Crippen MR) is 187 cm³/mol. The van der Waals surface area contributed by atoms with Crippen LogP contribution in [0.25, 0.3) is 98.3 Å². The average molecular weight is 574 g/mol. The minimum atomic E-state index is 0.884. The highest BCUT2D eigenvalue weighted by Crippen LogP contribution is 2.40. The van der Waals surface area contributed by atoms with Gasteiger partial charge < -0.3 is 8.82 Å². The van der Waals surface area contributed by atoms with Crippen molar-refractivity contribution >= 4 is 98.3 Å². The predicted octanol–water partition coefficient (Wildman–Crippen LogP) is 11.0. The maximum atomic E-state index is 6.36. The molecular formula is C41H23N3O. The Balaban J connectivity index is 1.50. The van der Waals surface area contributed by atoms with Gasteiger partial charge in [-0.25, -0.2) is 4.98 Å². The molecule has 0 radical (unpaired) electrons. The first-order valence-corrected chi connectivity index (χ1v) is 15.3. The average Bonchev–Trinajstić information content (AvgIpc) is 3.75. The lowest BCUT2D eigenvalue weighted by Crippen LogP contribution is -1.89. The lowest BCUT2D eigenvalue weighted by atomic mass is 10.1. The number of nitrogens with zero attached hydrogens (tertiary/aromatic N) is 3. The third-order valence-electron chi connectivity index (χ3n) is 9.66. The molecule has 6 aromatic heterocycles. The number of rotatable bonds is 0. The first-order valence-electron chi connectivity index (χ1n) is 15.3. The van der Waals surface area contributed by atoms with E-state index < -0.39 is 0 Å². The van der Waals surface area contributed by atoms with Crippen LogP contribution in [0.15, 0.2) is 144 Å². The molecule has 6 heterocycles. The van der Waals surface area contributed by atoms with Gasteiger partial charge in [0, 0.05) is 43.4 Å². The standard InChI is InChI=1S/C41H23N3O/c1-3-13-34-30(11-1)39-36-23-42-41-40(39)31-12-2-4-14-35(31)44(41)28-10-6-9-26(20-28)24-7-5-8-25(19-24)27-15-17-37-32(21-27)33-22-29(43(34)36)16-18-38(33)45-37/h1-23H. The Labute approximate surface area is 255 Å². The van der Waals surface area contributed by atoms with Crippen molar-refractivity contribution in [2.75, 3.05) is 0 Å². The molecule has 0 amide bonds. The largest absolute Gasteiger partial charge is 0.456 e. The van der Waals surface area contributed by atoms with E-state index in [0.29, 0.717) is 0 Å². The Morgan fingerprint density at radius 3 is 1.87 bits per heavy atom. The van der Waals surface area contributed by atoms with Gasteiger partial charge in [-0.05, 0) is 82.2 Å². The third-order valence-corrected chi connectivity index (χ3v) is 9.66. The Morgan fingerprint density at radius 1 is 0.422 bits per heavy atom. The van der Waals surface area contributed by atoms with Crippen LogP contribution in [0, 0.1) is 0 Å². The molecule has 4 nitrogen and oxygen atoms in total. The van der Waals surface area contributed by atoms with Crippen LogP contribution in [0.2, 0.25) is 0 Å². The smallest absolute Gasteiger partial charge is 0.146 e. The van der Waals surface area contributed by atoms with Crippen LogP contribution in [-0.4, -0.2) is 13.8 Å². The van der Waals surface area contributed by atoms with E-state index in [0.717, 1.165) is 55.2 Å². The summed E-state index contributed by atoms with van der Waals surface area (Å²) in [6.07, 6.45) is 2.05. The molecule has 0 atom stereocenters. The number of hydrogen-bond acceptors (Lipinski definition) is 2. The molecule has 0 spiro atoms. The van der Waals surface area contributed by atoms with Gasteiger partial charge in [0.15, 0.2) is 0 Å². The van der Waals surface area contributed by atoms with Gasteiger partial charge in [0.1, 0.15) is 16.8 Å². The summed E-state index contributed by atoms with van der Waals surface area (Å²) in [5, 5.41) is 11.7. The normalized spacial score (nSPS) is 12.4. The molecule has 0 aliphatic rings. The highest BCUT2D eigenvalue weighted by molar-refractivity contribution is 6.28. The minimum Gasteiger partial charge on any atom is -0.456 e. The Morgan fingerprint density at radius 2 is 1.04 bits per heavy atom. The molecule has 4 heteroatoms. The van der Waals surface area contributed by atoms with Crippen LogP contribution < -0.4 is 0 Å². The van der Waals surface area contributed by atoms with Gasteiger partial charge in [0.05, 0.1) is 22.7 Å². The van der Waals surface area contributed by atoms with Crippen LogP contribution in [0.1, 0.15) is 0 Å². The number of pyridine rings is 1. The third kappa shape index (κ3) is 3.03. The molecular weight excluding hydrogens is 550 g/mol. The summed E-state index contributed by atoms with van der Waals surface area (Å²) in [6.45, 7) is 0. The maximum Gasteiger partial charge on any atom is 0.146 e. The number of para-hydroxylation sites is 2. The van der Waals surface area contributed by atoms with E-state index in [9.17, 15) is 0 Å². The second kappa shape index (κ2) is 8.28. The van der Waals surface area contributed by atoms with Crippen LogP contribution in [0.3, 0.4) is 0 Å². The van der Waals surface area contributed by atoms with Crippen molar-refractivity contribution < 1.29 is 4.42 Å². The van der Waals surface area contributed by atoms with E-state index in [1.807, 2.05) is 0 Å². The SMILES string of the molecule is c1cc2cc(c1)c1cccc(c1)n1c3ccccc3c3c4c5ccccc5n(c5ccc6oc7ccc2cc7c6c5)c4cnc31. The van der Waals surface area contributed by atoms with Gasteiger partial charge in [0.25, 0.3) is 0 Å². The Hall–Kier alpha value is -6.13. The van der Waals surface area contributed by atoms with Crippen molar-refractivity contribution in [2.24, 2.45) is 0 Å². The van der Waals surface area contributed by atoms with Gasteiger partial charge in [-0.1, -0.05) is 72.8 Å². The lowest BCUT2D eigenvalue weighted by Gasteiger charge is -2.03. The first-order chi connectivity index (χ1) is 22.3. The molecule has 0 fully saturated rings. The van der Waals surface area contributed by atoms with Crippen LogP contribution >= 0.6 is 0 Å². The molecule has 12 aromatic rings. The van der Waals surface area contributed by atoms with Gasteiger partial charge in [-0.2, -0.15) is 0 Å². The van der Waals surface area contributed by atoms with Gasteiger partial charge in [-0.15, -0.1) is 0 Å². The second-order valence-corrected chi connectivity index (χ2v) is 12.0. The van der Waals surface area contributed by atoms with Gasteiger partial charge in [-0.3, -0.25) is 4.40 Å². The number of fused-ring (bicyclic) bond motifs is 3. The van der Waals surface area contributed by atoms with E-state index in [4.69, 9.17) is 9.40 Å². The van der Waals surface area contributed by atoms with Crippen LogP contribution in [-0.2, 0) is 0 Å². The summed E-state index contributed by atoms with van der Waals surface area (Å²) in [5.74, 6) is 0. The van der Waals surface area contributed by atoms with E-state index in [-0.39, 0.29) is 0 Å². The fraction of sp³-hybridized carbons (Fsp3) is 0. The fourth-order valence-corrected chi connectivity index (χ4v) is 7.69. The number of benzene rings is 6. The van der Waals surface area contributed by atoms with Crippen LogP contribution in [0.4, 0.5) is 0 Å². The van der Waals surface area contributed by atoms with Crippen molar-refractivity contribution in [2.45, 2.75) is 0 Å². The molecule has 0 aliphatic heterocycles. The second-order valence-electron chi connectivity index (χ2n) is 12.0. The zero-order chi connectivity index (χ0) is 29.2. The molecule has 0 saturated heterocycles. The quantitative estimate of drug-likeness (QED) is 0.181. The summed E-state index contributed by atoms with van der Waals surface area (Å²) in [4.78, 5) is 5.24. The lowest BCUT2D eigenvalue weighted by molar-refractivity contribution is 0.669. The van der Waals surface area contributed by atoms with Gasteiger partial charge in [0.2, 0.25) is 0 Å². The molecule has 0 unspecified atom stereocenters. The van der Waals surface area contributed by atoms with Crippen molar-refractivity contribution in [3.05, 3.63) is 140 Å². The fourth-order valence-electron chi connectivity index (χ4n) is 7.69. The number of hydrogen-bond donors (Lipinski definition) is 0. The monoisotopic (exact) mass is 573 g/mol. The van der Waals surface area contributed by atoms with Gasteiger partial charge >= 0.3 is 0 Å². The molecule has 12 rings (SSSR count). The molecule has 0 N–H and O–H groups in total. The molecule has 45 heavy (non-hydrogen) atoms. The summed E-state index contributed by atoms with van der Waals surface area (Å²) < 4.78 is 11.0. The van der Waals surface area contributed by atoms with E-state index in [1.165, 1.54) is 43.1 Å². The van der Waals surface area contributed by atoms with E-state index in [1.54, 1.807) is 0 Å². The highest BCUT2D eigenvalue weighted by atomic mass is 16.3. The molecule has 6 aromatic carbocycles. The Kier molecular flexibility index (Phi) is 4.29. The molecule has 0 saturated carbocycles. The zero-order valence-electron chi connectivity index (χ0n) is 24.0. The summed E-state index contributed by atoms with van der Waals surface area (Å²) in [7, 11) is 0. The van der Waals surface area contributed by atoms with Crippen molar-refractivity contribution in [3.63, 3.8) is 0 Å². The summed E-state index contributed by atoms with van der Waals surface area (Å²) in [6, 6.07) is 48.2. The Bertz CT molecular complexity index is 3100. The minimum absolute atomic E-state index is 0.884. The van der Waals surface area contributed by atoms with E-state index >= 15 is 0 Å². The van der Waals surface area contributed by atoms with Crippen molar-refractivity contribution in [1.82, 2.24) is 13.8 Å². The molecule has 208 valence electrons. The maximum absolute atomic E-state index is 6.36. The molecule has 0 aliphatic carbocycles. The summed E-state index contributed by atoms with van der Waals surface area (Å²) in [5.41, 5.74) is 8.30.